The van der Waals surface area contributed by atoms with Crippen LogP contribution in [0.3, 0.4) is 0 Å². The van der Waals surface area contributed by atoms with Gasteiger partial charge in [0.2, 0.25) is 0 Å². The Kier molecular flexibility index (Phi) is 2.41. The molecule has 0 spiro atoms. The molecule has 0 fully saturated rings. The molecule has 0 aliphatic carbocycles. The average Bonchev–Trinajstić information content (AvgIpc) is 2.79. The first-order valence-corrected chi connectivity index (χ1v) is 5.75. The molecule has 96 valence electrons. The van der Waals surface area contributed by atoms with E-state index >= 15 is 0 Å². The van der Waals surface area contributed by atoms with Gasteiger partial charge in [-0.05, 0) is 36.8 Å². The lowest BCUT2D eigenvalue weighted by molar-refractivity contribution is -0.383. The Balaban J connectivity index is 2.53. The molecule has 5 heteroatoms. The number of ether oxygens (including phenoxy) is 1. The third-order valence-corrected chi connectivity index (χ3v) is 3.26. The van der Waals surface area contributed by atoms with Crippen LogP contribution in [0.25, 0.3) is 21.7 Å². The molecule has 1 heterocycles. The van der Waals surface area contributed by atoms with E-state index in [0.29, 0.717) is 5.39 Å². The van der Waals surface area contributed by atoms with Crippen LogP contribution in [0, 0.1) is 17.0 Å². The smallest absolute Gasteiger partial charge is 0.318 e. The summed E-state index contributed by atoms with van der Waals surface area (Å²) < 4.78 is 10.5. The summed E-state index contributed by atoms with van der Waals surface area (Å²) >= 11 is 0. The Morgan fingerprint density at radius 1 is 1.21 bits per heavy atom. The van der Waals surface area contributed by atoms with Crippen LogP contribution in [0.1, 0.15) is 5.56 Å². The summed E-state index contributed by atoms with van der Waals surface area (Å²) in [5.41, 5.74) is 1.67. The fourth-order valence-corrected chi connectivity index (χ4v) is 2.42. The fraction of sp³-hybridized carbons (Fsp3) is 0.143. The fourth-order valence-electron chi connectivity index (χ4n) is 2.42. The van der Waals surface area contributed by atoms with Gasteiger partial charge >= 0.3 is 5.69 Å². The number of rotatable bonds is 2. The number of aryl methyl sites for hydroxylation is 1. The number of methoxy groups -OCH3 is 1. The monoisotopic (exact) mass is 257 g/mol. The molecule has 3 aromatic rings. The van der Waals surface area contributed by atoms with Gasteiger partial charge in [0.05, 0.1) is 23.7 Å². The molecule has 0 amide bonds. The third kappa shape index (κ3) is 1.55. The normalized spacial score (nSPS) is 11.1. The van der Waals surface area contributed by atoms with Crippen LogP contribution in [0.15, 0.2) is 34.9 Å². The molecular formula is C14H11NO4. The molecular weight excluding hydrogens is 246 g/mol. The minimum atomic E-state index is -0.414. The molecule has 0 N–H and O–H groups in total. The van der Waals surface area contributed by atoms with Crippen LogP contribution in [0.2, 0.25) is 0 Å². The maximum atomic E-state index is 11.3. The van der Waals surface area contributed by atoms with Crippen molar-refractivity contribution in [2.24, 2.45) is 0 Å². The highest BCUT2D eigenvalue weighted by molar-refractivity contribution is 6.11. The van der Waals surface area contributed by atoms with E-state index in [9.17, 15) is 10.1 Å². The minimum Gasteiger partial charge on any atom is -0.490 e. The number of nitrogens with zero attached hydrogens (tertiary/aromatic N) is 1. The largest absolute Gasteiger partial charge is 0.490 e. The quantitative estimate of drug-likeness (QED) is 0.517. The zero-order chi connectivity index (χ0) is 13.6. The Labute approximate surface area is 108 Å². The van der Waals surface area contributed by atoms with Gasteiger partial charge in [0.25, 0.3) is 0 Å². The number of furan rings is 1. The number of fused-ring (bicyclic) bond motifs is 3. The van der Waals surface area contributed by atoms with Crippen molar-refractivity contribution < 1.29 is 14.1 Å². The molecule has 0 saturated carbocycles. The van der Waals surface area contributed by atoms with Crippen LogP contribution in [0.5, 0.6) is 5.75 Å². The van der Waals surface area contributed by atoms with E-state index in [2.05, 4.69) is 0 Å². The second-order valence-electron chi connectivity index (χ2n) is 4.33. The summed E-state index contributed by atoms with van der Waals surface area (Å²) in [4.78, 5) is 10.8. The van der Waals surface area contributed by atoms with Crippen LogP contribution >= 0.6 is 0 Å². The van der Waals surface area contributed by atoms with Crippen molar-refractivity contribution in [3.05, 3.63) is 46.2 Å². The number of nitro groups is 1. The maximum absolute atomic E-state index is 11.3. The molecule has 0 bridgehead atoms. The van der Waals surface area contributed by atoms with Gasteiger partial charge in [0, 0.05) is 10.8 Å². The van der Waals surface area contributed by atoms with Gasteiger partial charge in [-0.15, -0.1) is 0 Å². The Hall–Kier alpha value is -2.56. The Bertz CT molecular complexity index is 804. The van der Waals surface area contributed by atoms with Crippen LogP contribution in [0.4, 0.5) is 5.69 Å². The first kappa shape index (κ1) is 11.5. The predicted octanol–water partition coefficient (Wildman–Crippen LogP) is 3.81. The van der Waals surface area contributed by atoms with Crippen molar-refractivity contribution in [3.63, 3.8) is 0 Å². The van der Waals surface area contributed by atoms with Gasteiger partial charge in [-0.2, -0.15) is 0 Å². The molecule has 0 aliphatic heterocycles. The van der Waals surface area contributed by atoms with E-state index in [4.69, 9.17) is 9.15 Å². The maximum Gasteiger partial charge on any atom is 0.318 e. The molecule has 1 aromatic heterocycles. The van der Waals surface area contributed by atoms with Gasteiger partial charge in [-0.1, -0.05) is 0 Å². The van der Waals surface area contributed by atoms with Crippen molar-refractivity contribution in [2.45, 2.75) is 6.92 Å². The van der Waals surface area contributed by atoms with Crippen LogP contribution < -0.4 is 4.74 Å². The number of nitro benzene ring substituents is 1. The van der Waals surface area contributed by atoms with Gasteiger partial charge in [0.1, 0.15) is 5.58 Å². The highest BCUT2D eigenvalue weighted by atomic mass is 16.6. The van der Waals surface area contributed by atoms with Crippen LogP contribution in [-0.4, -0.2) is 12.0 Å². The van der Waals surface area contributed by atoms with Crippen molar-refractivity contribution in [1.29, 1.82) is 0 Å². The number of hydrogen-bond donors (Lipinski definition) is 0. The topological polar surface area (TPSA) is 65.5 Å². The van der Waals surface area contributed by atoms with Gasteiger partial charge in [0.15, 0.2) is 5.75 Å². The van der Waals surface area contributed by atoms with Crippen molar-refractivity contribution in [3.8, 4) is 5.75 Å². The lowest BCUT2D eigenvalue weighted by atomic mass is 10.0. The van der Waals surface area contributed by atoms with E-state index in [1.807, 2.05) is 13.0 Å². The summed E-state index contributed by atoms with van der Waals surface area (Å²) in [5, 5.41) is 13.5. The zero-order valence-electron chi connectivity index (χ0n) is 10.5. The van der Waals surface area contributed by atoms with Crippen molar-refractivity contribution in [2.75, 3.05) is 7.11 Å². The lowest BCUT2D eigenvalue weighted by Gasteiger charge is -2.06. The highest BCUT2D eigenvalue weighted by Gasteiger charge is 2.21. The summed E-state index contributed by atoms with van der Waals surface area (Å²) in [6.07, 6.45) is 1.65. The number of hydrogen-bond acceptors (Lipinski definition) is 4. The molecule has 2 aromatic carbocycles. The van der Waals surface area contributed by atoms with Crippen molar-refractivity contribution >= 4 is 27.4 Å². The summed E-state index contributed by atoms with van der Waals surface area (Å²) in [5.74, 6) is 0.262. The SMILES string of the molecule is COc1ccc2c(ccc3occ(C)c32)c1[N+](=O)[O-]. The molecule has 0 aliphatic rings. The van der Waals surface area contributed by atoms with E-state index in [1.54, 1.807) is 24.5 Å². The molecule has 5 nitrogen and oxygen atoms in total. The molecule has 19 heavy (non-hydrogen) atoms. The standard InChI is InChI=1S/C14H11NO4/c1-8-7-19-11-5-4-10-9(13(8)11)3-6-12(18-2)14(10)15(16)17/h3-7H,1-2H3. The first-order chi connectivity index (χ1) is 9.13. The van der Waals surface area contributed by atoms with Gasteiger partial charge in [-0.3, -0.25) is 10.1 Å². The second-order valence-corrected chi connectivity index (χ2v) is 4.33. The minimum absolute atomic E-state index is 0.0116. The Morgan fingerprint density at radius 2 is 1.95 bits per heavy atom. The molecule has 0 atom stereocenters. The third-order valence-electron chi connectivity index (χ3n) is 3.26. The summed E-state index contributed by atoms with van der Waals surface area (Å²) in [6, 6.07) is 6.89. The van der Waals surface area contributed by atoms with Crippen LogP contribution in [-0.2, 0) is 0 Å². The summed E-state index contributed by atoms with van der Waals surface area (Å²) in [7, 11) is 1.43. The van der Waals surface area contributed by atoms with E-state index in [0.717, 1.165) is 21.9 Å². The van der Waals surface area contributed by atoms with E-state index < -0.39 is 4.92 Å². The lowest BCUT2D eigenvalue weighted by Crippen LogP contribution is -1.95. The Morgan fingerprint density at radius 3 is 2.63 bits per heavy atom. The first-order valence-electron chi connectivity index (χ1n) is 5.75. The van der Waals surface area contributed by atoms with E-state index in [1.165, 1.54) is 7.11 Å². The summed E-state index contributed by atoms with van der Waals surface area (Å²) in [6.45, 7) is 1.92. The molecule has 0 unspecified atom stereocenters. The molecule has 0 saturated heterocycles. The zero-order valence-corrected chi connectivity index (χ0v) is 10.5. The highest BCUT2D eigenvalue weighted by Crippen LogP contribution is 2.39. The number of benzene rings is 2. The van der Waals surface area contributed by atoms with Gasteiger partial charge in [-0.25, -0.2) is 0 Å². The molecule has 0 radical (unpaired) electrons. The second kappa shape index (κ2) is 3.98. The van der Waals surface area contributed by atoms with Gasteiger partial charge < -0.3 is 9.15 Å². The molecule has 3 rings (SSSR count). The van der Waals surface area contributed by atoms with Crippen molar-refractivity contribution in [1.82, 2.24) is 0 Å². The van der Waals surface area contributed by atoms with E-state index in [-0.39, 0.29) is 11.4 Å². The predicted molar refractivity (Wildman–Crippen MR) is 71.7 cm³/mol. The average molecular weight is 257 g/mol.